The Bertz CT molecular complexity index is 610. The summed E-state index contributed by atoms with van der Waals surface area (Å²) in [5.74, 6) is -1.08. The van der Waals surface area contributed by atoms with E-state index in [0.717, 1.165) is 18.0 Å². The van der Waals surface area contributed by atoms with E-state index in [9.17, 15) is 14.0 Å². The molecule has 2 amide bonds. The number of rotatable bonds is 2. The van der Waals surface area contributed by atoms with Crippen LogP contribution in [0.2, 0.25) is 0 Å². The molecule has 1 fully saturated rings. The van der Waals surface area contributed by atoms with Crippen molar-refractivity contribution in [3.05, 3.63) is 46.8 Å². The van der Waals surface area contributed by atoms with E-state index in [1.165, 1.54) is 0 Å². The van der Waals surface area contributed by atoms with Crippen molar-refractivity contribution in [2.45, 2.75) is 13.3 Å². The molecule has 118 valence electrons. The maximum atomic E-state index is 14.5. The Morgan fingerprint density at radius 3 is 2.41 bits per heavy atom. The fourth-order valence-corrected chi connectivity index (χ4v) is 2.94. The van der Waals surface area contributed by atoms with E-state index in [-0.39, 0.29) is 30.7 Å². The van der Waals surface area contributed by atoms with Gasteiger partial charge >= 0.3 is 0 Å². The molecule has 4 nitrogen and oxygen atoms in total. The van der Waals surface area contributed by atoms with E-state index < -0.39 is 11.8 Å². The second-order valence-corrected chi connectivity index (χ2v) is 5.53. The van der Waals surface area contributed by atoms with E-state index in [2.05, 4.69) is 5.32 Å². The molecule has 6 heteroatoms. The molecule has 0 aliphatic carbocycles. The zero-order valence-corrected chi connectivity index (χ0v) is 13.1. The van der Waals surface area contributed by atoms with Crippen LogP contribution in [-0.2, 0) is 0 Å². The summed E-state index contributed by atoms with van der Waals surface area (Å²) in [6.07, 6.45) is 0.621. The Balaban J connectivity index is 0.00000176. The zero-order chi connectivity index (χ0) is 15.0. The van der Waals surface area contributed by atoms with Crippen molar-refractivity contribution in [2.75, 3.05) is 19.6 Å². The van der Waals surface area contributed by atoms with E-state index in [1.54, 1.807) is 24.3 Å². The first-order valence-corrected chi connectivity index (χ1v) is 7.13. The summed E-state index contributed by atoms with van der Waals surface area (Å²) in [7, 11) is 0. The van der Waals surface area contributed by atoms with Crippen LogP contribution in [0.3, 0.4) is 0 Å². The Kier molecular flexibility index (Phi) is 4.98. The predicted molar refractivity (Wildman–Crippen MR) is 83.8 cm³/mol. The van der Waals surface area contributed by atoms with Gasteiger partial charge in [-0.1, -0.05) is 19.1 Å². The summed E-state index contributed by atoms with van der Waals surface area (Å²) in [4.78, 5) is 25.4. The molecule has 1 saturated heterocycles. The molecule has 22 heavy (non-hydrogen) atoms. The van der Waals surface area contributed by atoms with Crippen LogP contribution in [0.1, 0.15) is 34.1 Å². The van der Waals surface area contributed by atoms with E-state index in [1.807, 2.05) is 6.92 Å². The quantitative estimate of drug-likeness (QED) is 0.851. The highest BCUT2D eigenvalue weighted by Gasteiger charge is 2.36. The Labute approximate surface area is 134 Å². The van der Waals surface area contributed by atoms with Crippen LogP contribution in [0.15, 0.2) is 35.7 Å². The standard InChI is InChI=1S/C16H17FN2O2.ClH/c1-10-8-18-7-6-11(10)14(17)9-19-15(20)12-4-2-3-5-13(12)16(19)21;/h2-5,10,18H,6-9H2,1H3;1H/b14-11+;. The van der Waals surface area contributed by atoms with Gasteiger partial charge in [0.1, 0.15) is 5.83 Å². The molecule has 3 rings (SSSR count). The molecule has 0 bridgehead atoms. The molecule has 0 aromatic heterocycles. The monoisotopic (exact) mass is 324 g/mol. The van der Waals surface area contributed by atoms with E-state index >= 15 is 0 Å². The fourth-order valence-electron chi connectivity index (χ4n) is 2.94. The SMILES string of the molecule is CC1CNCC/C1=C(\F)CN1C(=O)c2ccccc2C1=O.Cl. The van der Waals surface area contributed by atoms with Crippen molar-refractivity contribution in [1.29, 1.82) is 0 Å². The minimum Gasteiger partial charge on any atom is -0.316 e. The Hall–Kier alpha value is -1.72. The first kappa shape index (κ1) is 16.6. The van der Waals surface area contributed by atoms with Gasteiger partial charge < -0.3 is 5.32 Å². The lowest BCUT2D eigenvalue weighted by Gasteiger charge is -2.24. The number of fused-ring (bicyclic) bond motifs is 1. The van der Waals surface area contributed by atoms with Crippen LogP contribution in [0, 0.1) is 5.92 Å². The van der Waals surface area contributed by atoms with Crippen molar-refractivity contribution in [2.24, 2.45) is 5.92 Å². The molecule has 0 spiro atoms. The van der Waals surface area contributed by atoms with Gasteiger partial charge in [-0.25, -0.2) is 4.39 Å². The molecule has 1 aromatic carbocycles. The fraction of sp³-hybridized carbons (Fsp3) is 0.375. The van der Waals surface area contributed by atoms with Crippen LogP contribution >= 0.6 is 12.4 Å². The third kappa shape index (κ3) is 2.78. The molecular formula is C16H18ClFN2O2. The smallest absolute Gasteiger partial charge is 0.261 e. The summed E-state index contributed by atoms with van der Waals surface area (Å²) in [5.41, 5.74) is 1.43. The van der Waals surface area contributed by atoms with Gasteiger partial charge in [0, 0.05) is 6.54 Å². The number of nitrogens with zero attached hydrogens (tertiary/aromatic N) is 1. The molecule has 1 N–H and O–H groups in total. The lowest BCUT2D eigenvalue weighted by Crippen LogP contribution is -2.34. The van der Waals surface area contributed by atoms with Crippen molar-refractivity contribution in [1.82, 2.24) is 10.2 Å². The summed E-state index contributed by atoms with van der Waals surface area (Å²) in [6.45, 7) is 3.15. The number of halogens is 2. The van der Waals surface area contributed by atoms with Gasteiger partial charge in [0.05, 0.1) is 17.7 Å². The largest absolute Gasteiger partial charge is 0.316 e. The van der Waals surface area contributed by atoms with Crippen LogP contribution < -0.4 is 5.32 Å². The maximum absolute atomic E-state index is 14.5. The normalized spacial score (nSPS) is 23.2. The highest BCUT2D eigenvalue weighted by atomic mass is 35.5. The lowest BCUT2D eigenvalue weighted by atomic mass is 9.93. The van der Waals surface area contributed by atoms with Gasteiger partial charge in [-0.15, -0.1) is 12.4 Å². The lowest BCUT2D eigenvalue weighted by molar-refractivity contribution is 0.0658. The number of carbonyl (C=O) groups excluding carboxylic acids is 2. The number of hydrogen-bond donors (Lipinski definition) is 1. The van der Waals surface area contributed by atoms with Gasteiger partial charge in [0.2, 0.25) is 0 Å². The number of carbonyl (C=O) groups is 2. The maximum Gasteiger partial charge on any atom is 0.261 e. The molecular weight excluding hydrogens is 307 g/mol. The second-order valence-electron chi connectivity index (χ2n) is 5.53. The minimum absolute atomic E-state index is 0. The van der Waals surface area contributed by atoms with Crippen molar-refractivity contribution < 1.29 is 14.0 Å². The van der Waals surface area contributed by atoms with Gasteiger partial charge in [-0.2, -0.15) is 0 Å². The molecule has 0 saturated carbocycles. The zero-order valence-electron chi connectivity index (χ0n) is 12.3. The molecule has 2 aliphatic rings. The van der Waals surface area contributed by atoms with Gasteiger partial charge in [-0.3, -0.25) is 14.5 Å². The van der Waals surface area contributed by atoms with Gasteiger partial charge in [0.15, 0.2) is 0 Å². The van der Waals surface area contributed by atoms with Crippen molar-refractivity contribution >= 4 is 24.2 Å². The Morgan fingerprint density at radius 1 is 1.27 bits per heavy atom. The van der Waals surface area contributed by atoms with Crippen molar-refractivity contribution in [3.63, 3.8) is 0 Å². The predicted octanol–water partition coefficient (Wildman–Crippen LogP) is 2.56. The average Bonchev–Trinajstić information content (AvgIpc) is 2.73. The minimum atomic E-state index is -0.409. The highest BCUT2D eigenvalue weighted by molar-refractivity contribution is 6.21. The molecule has 1 atom stereocenters. The van der Waals surface area contributed by atoms with Crippen molar-refractivity contribution in [3.8, 4) is 0 Å². The molecule has 1 aromatic rings. The molecule has 0 radical (unpaired) electrons. The third-order valence-electron chi connectivity index (χ3n) is 4.14. The van der Waals surface area contributed by atoms with Crippen LogP contribution in [-0.4, -0.2) is 36.3 Å². The number of benzene rings is 1. The summed E-state index contributed by atoms with van der Waals surface area (Å²) in [6, 6.07) is 6.62. The van der Waals surface area contributed by atoms with E-state index in [4.69, 9.17) is 0 Å². The Morgan fingerprint density at radius 2 is 1.86 bits per heavy atom. The summed E-state index contributed by atoms with van der Waals surface area (Å²) in [5, 5.41) is 3.20. The van der Waals surface area contributed by atoms with E-state index in [0.29, 0.717) is 23.1 Å². The summed E-state index contributed by atoms with van der Waals surface area (Å²) < 4.78 is 14.5. The number of amides is 2. The molecule has 2 aliphatic heterocycles. The number of imide groups is 1. The molecule has 2 heterocycles. The summed E-state index contributed by atoms with van der Waals surface area (Å²) >= 11 is 0. The number of hydrogen-bond acceptors (Lipinski definition) is 3. The number of nitrogens with one attached hydrogen (secondary N) is 1. The van der Waals surface area contributed by atoms with Crippen LogP contribution in [0.5, 0.6) is 0 Å². The van der Waals surface area contributed by atoms with Gasteiger partial charge in [0.25, 0.3) is 11.8 Å². The molecule has 1 unspecified atom stereocenters. The first-order chi connectivity index (χ1) is 10.1. The van der Waals surface area contributed by atoms with Crippen LogP contribution in [0.4, 0.5) is 4.39 Å². The topological polar surface area (TPSA) is 49.4 Å². The third-order valence-corrected chi connectivity index (χ3v) is 4.14. The van der Waals surface area contributed by atoms with Gasteiger partial charge in [-0.05, 0) is 36.6 Å². The van der Waals surface area contributed by atoms with Crippen LogP contribution in [0.25, 0.3) is 0 Å². The highest BCUT2D eigenvalue weighted by Crippen LogP contribution is 2.27. The average molecular weight is 325 g/mol. The second kappa shape index (κ2) is 6.58. The first-order valence-electron chi connectivity index (χ1n) is 7.13. The number of piperidine rings is 1.